The van der Waals surface area contributed by atoms with Crippen LogP contribution in [0.4, 0.5) is 0 Å². The molecule has 0 aliphatic rings. The molecule has 0 aromatic heterocycles. The maximum absolute atomic E-state index is 13.0. The number of benzene rings is 1. The van der Waals surface area contributed by atoms with Crippen LogP contribution in [-0.4, -0.2) is 37.2 Å². The molecule has 1 aromatic rings. The minimum Gasteiger partial charge on any atom is -0.481 e. The molecule has 0 aliphatic carbocycles. The van der Waals surface area contributed by atoms with E-state index in [2.05, 4.69) is 12.2 Å². The van der Waals surface area contributed by atoms with E-state index in [-0.39, 0.29) is 24.3 Å². The van der Waals surface area contributed by atoms with Crippen LogP contribution in [0.1, 0.15) is 84.0 Å². The van der Waals surface area contributed by atoms with Gasteiger partial charge in [-0.1, -0.05) is 89.3 Å². The molecule has 7 heteroatoms. The van der Waals surface area contributed by atoms with Gasteiger partial charge in [0.25, 0.3) is 0 Å². The Kier molecular flexibility index (Phi) is 13.1. The molecule has 0 spiro atoms. The molecule has 0 radical (unpaired) electrons. The Hall–Kier alpha value is -1.89. The van der Waals surface area contributed by atoms with Crippen molar-refractivity contribution in [2.45, 2.75) is 94.1 Å². The van der Waals surface area contributed by atoms with Gasteiger partial charge < -0.3 is 10.4 Å². The number of nitrogens with one attached hydrogen (secondary N) is 1. The Bertz CT molecular complexity index is 718. The van der Waals surface area contributed by atoms with Crippen LogP contribution in [0.2, 0.25) is 0 Å². The van der Waals surface area contributed by atoms with Crippen LogP contribution >= 0.6 is 0 Å². The zero-order chi connectivity index (χ0) is 22.2. The molecule has 170 valence electrons. The highest BCUT2D eigenvalue weighted by atomic mass is 32.2. The van der Waals surface area contributed by atoms with Crippen LogP contribution < -0.4 is 5.32 Å². The number of hydrogen-bond donors (Lipinski definition) is 2. The van der Waals surface area contributed by atoms with Gasteiger partial charge in [-0.2, -0.15) is 0 Å². The third kappa shape index (κ3) is 10.2. The zero-order valence-electron chi connectivity index (χ0n) is 18.1. The zero-order valence-corrected chi connectivity index (χ0v) is 19.0. The molecule has 1 rings (SSSR count). The second-order valence-corrected chi connectivity index (χ2v) is 9.88. The van der Waals surface area contributed by atoms with E-state index in [1.54, 1.807) is 18.2 Å². The fourth-order valence-corrected chi connectivity index (χ4v) is 5.13. The first kappa shape index (κ1) is 26.1. The fourth-order valence-electron chi connectivity index (χ4n) is 3.43. The van der Waals surface area contributed by atoms with Gasteiger partial charge in [-0.25, -0.2) is 8.42 Å². The second kappa shape index (κ2) is 15.0. The summed E-state index contributed by atoms with van der Waals surface area (Å²) in [7, 11) is -3.82. The SMILES string of the molecule is CCCCCCCCCCCCC(C(=O)NCCC(=O)O)S(=O)(=O)c1ccccc1. The van der Waals surface area contributed by atoms with E-state index in [1.165, 1.54) is 50.7 Å². The average Bonchev–Trinajstić information content (AvgIpc) is 2.72. The van der Waals surface area contributed by atoms with Crippen molar-refractivity contribution >= 4 is 21.7 Å². The van der Waals surface area contributed by atoms with E-state index in [0.717, 1.165) is 19.3 Å². The summed E-state index contributed by atoms with van der Waals surface area (Å²) in [6, 6.07) is 7.97. The van der Waals surface area contributed by atoms with E-state index in [4.69, 9.17) is 5.11 Å². The Labute approximate surface area is 181 Å². The highest BCUT2D eigenvalue weighted by molar-refractivity contribution is 7.92. The molecule has 2 N–H and O–H groups in total. The second-order valence-electron chi connectivity index (χ2n) is 7.75. The Morgan fingerprint density at radius 2 is 1.43 bits per heavy atom. The molecular formula is C23H37NO5S. The molecule has 1 unspecified atom stereocenters. The molecule has 1 amide bonds. The van der Waals surface area contributed by atoms with Gasteiger partial charge in [0.05, 0.1) is 11.3 Å². The van der Waals surface area contributed by atoms with Crippen molar-refractivity contribution in [3.05, 3.63) is 30.3 Å². The summed E-state index contributed by atoms with van der Waals surface area (Å²) in [4.78, 5) is 23.3. The number of aliphatic carboxylic acids is 1. The monoisotopic (exact) mass is 439 g/mol. The number of hydrogen-bond acceptors (Lipinski definition) is 4. The van der Waals surface area contributed by atoms with Gasteiger partial charge in [-0.05, 0) is 18.6 Å². The number of carbonyl (C=O) groups excluding carboxylic acids is 1. The molecule has 1 atom stereocenters. The molecule has 0 bridgehead atoms. The lowest BCUT2D eigenvalue weighted by atomic mass is 10.1. The van der Waals surface area contributed by atoms with Gasteiger partial charge in [0, 0.05) is 6.54 Å². The van der Waals surface area contributed by atoms with Crippen LogP contribution in [-0.2, 0) is 19.4 Å². The lowest BCUT2D eigenvalue weighted by molar-refractivity contribution is -0.136. The normalized spacial score (nSPS) is 12.4. The van der Waals surface area contributed by atoms with Crippen molar-refractivity contribution in [2.24, 2.45) is 0 Å². The number of carboxylic acids is 1. The Morgan fingerprint density at radius 1 is 0.900 bits per heavy atom. The predicted octanol–water partition coefficient (Wildman–Crippen LogP) is 4.73. The number of sulfone groups is 1. The van der Waals surface area contributed by atoms with Gasteiger partial charge in [-0.3, -0.25) is 9.59 Å². The van der Waals surface area contributed by atoms with Crippen molar-refractivity contribution in [3.8, 4) is 0 Å². The number of unbranched alkanes of at least 4 members (excludes halogenated alkanes) is 9. The Morgan fingerprint density at radius 3 is 1.97 bits per heavy atom. The summed E-state index contributed by atoms with van der Waals surface area (Å²) in [5.74, 6) is -1.65. The Balaban J connectivity index is 2.54. The van der Waals surface area contributed by atoms with Crippen LogP contribution in [0.15, 0.2) is 35.2 Å². The summed E-state index contributed by atoms with van der Waals surface area (Å²) in [6.07, 6.45) is 11.3. The molecule has 0 fully saturated rings. The first-order chi connectivity index (χ1) is 14.4. The van der Waals surface area contributed by atoms with Crippen molar-refractivity contribution in [1.29, 1.82) is 0 Å². The molecule has 0 aliphatic heterocycles. The molecule has 0 saturated carbocycles. The van der Waals surface area contributed by atoms with E-state index in [1.807, 2.05) is 0 Å². The summed E-state index contributed by atoms with van der Waals surface area (Å²) in [6.45, 7) is 2.13. The largest absolute Gasteiger partial charge is 0.481 e. The van der Waals surface area contributed by atoms with Crippen molar-refractivity contribution < 1.29 is 23.1 Å². The third-order valence-corrected chi connectivity index (χ3v) is 7.32. The first-order valence-corrected chi connectivity index (χ1v) is 12.7. The minimum absolute atomic E-state index is 0.0764. The molecule has 6 nitrogen and oxygen atoms in total. The maximum atomic E-state index is 13.0. The molecular weight excluding hydrogens is 402 g/mol. The van der Waals surface area contributed by atoms with Crippen molar-refractivity contribution in [2.75, 3.05) is 6.54 Å². The van der Waals surface area contributed by atoms with Gasteiger partial charge in [0.15, 0.2) is 9.84 Å². The number of rotatable bonds is 17. The van der Waals surface area contributed by atoms with Gasteiger partial charge >= 0.3 is 5.97 Å². The van der Waals surface area contributed by atoms with E-state index >= 15 is 0 Å². The minimum atomic E-state index is -3.82. The van der Waals surface area contributed by atoms with E-state index < -0.39 is 27.0 Å². The van der Waals surface area contributed by atoms with Gasteiger partial charge in [0.2, 0.25) is 5.91 Å². The highest BCUT2D eigenvalue weighted by Gasteiger charge is 2.33. The van der Waals surface area contributed by atoms with E-state index in [9.17, 15) is 18.0 Å². The molecule has 30 heavy (non-hydrogen) atoms. The van der Waals surface area contributed by atoms with Crippen LogP contribution in [0, 0.1) is 0 Å². The molecule has 0 saturated heterocycles. The standard InChI is InChI=1S/C23H37NO5S/c1-2-3-4-5-6-7-8-9-10-14-17-21(23(27)24-19-18-22(25)26)30(28,29)20-15-12-11-13-16-20/h11-13,15-16,21H,2-10,14,17-19H2,1H3,(H,24,27)(H,25,26). The quantitative estimate of drug-likeness (QED) is 0.342. The molecule has 0 heterocycles. The average molecular weight is 440 g/mol. The highest BCUT2D eigenvalue weighted by Crippen LogP contribution is 2.21. The third-order valence-electron chi connectivity index (χ3n) is 5.20. The fraction of sp³-hybridized carbons (Fsp3) is 0.652. The lowest BCUT2D eigenvalue weighted by Crippen LogP contribution is -2.40. The number of carbonyl (C=O) groups is 2. The van der Waals surface area contributed by atoms with Crippen LogP contribution in [0.25, 0.3) is 0 Å². The van der Waals surface area contributed by atoms with E-state index in [0.29, 0.717) is 6.42 Å². The van der Waals surface area contributed by atoms with Crippen LogP contribution in [0.3, 0.4) is 0 Å². The predicted molar refractivity (Wildman–Crippen MR) is 119 cm³/mol. The first-order valence-electron chi connectivity index (χ1n) is 11.2. The summed E-state index contributed by atoms with van der Waals surface area (Å²) in [5, 5.41) is 10.0. The smallest absolute Gasteiger partial charge is 0.305 e. The topological polar surface area (TPSA) is 101 Å². The summed E-state index contributed by atoms with van der Waals surface area (Å²) < 4.78 is 26.0. The van der Waals surface area contributed by atoms with Gasteiger partial charge in [0.1, 0.15) is 5.25 Å². The molecule has 1 aromatic carbocycles. The lowest BCUT2D eigenvalue weighted by Gasteiger charge is -2.17. The maximum Gasteiger partial charge on any atom is 0.305 e. The number of carboxylic acid groups (broad SMARTS) is 1. The summed E-state index contributed by atoms with van der Waals surface area (Å²) >= 11 is 0. The number of amides is 1. The van der Waals surface area contributed by atoms with Gasteiger partial charge in [-0.15, -0.1) is 0 Å². The van der Waals surface area contributed by atoms with Crippen LogP contribution in [0.5, 0.6) is 0 Å². The van der Waals surface area contributed by atoms with Crippen molar-refractivity contribution in [1.82, 2.24) is 5.32 Å². The summed E-state index contributed by atoms with van der Waals surface area (Å²) in [5.41, 5.74) is 0. The van der Waals surface area contributed by atoms with Crippen molar-refractivity contribution in [3.63, 3.8) is 0 Å².